The maximum Gasteiger partial charge on any atom is 0.230 e. The molecule has 6 heteroatoms. The van der Waals surface area contributed by atoms with Crippen LogP contribution in [0.15, 0.2) is 36.4 Å². The van der Waals surface area contributed by atoms with Crippen LogP contribution >= 0.6 is 0 Å². The third-order valence-corrected chi connectivity index (χ3v) is 3.61. The van der Waals surface area contributed by atoms with Crippen molar-refractivity contribution < 1.29 is 4.79 Å². The maximum absolute atomic E-state index is 12.4. The molecule has 0 aromatic carbocycles. The molecule has 0 aliphatic carbocycles. The molecule has 1 rings (SSSR count). The van der Waals surface area contributed by atoms with Gasteiger partial charge in [-0.15, -0.1) is 0 Å². The minimum absolute atomic E-state index is 0.0144. The molecule has 0 bridgehead atoms. The topological polar surface area (TPSA) is 97.3 Å². The zero-order valence-electron chi connectivity index (χ0n) is 14.4. The molecule has 1 heterocycles. The van der Waals surface area contributed by atoms with Gasteiger partial charge in [0, 0.05) is 30.1 Å². The highest BCUT2D eigenvalue weighted by Crippen LogP contribution is 2.26. The molecule has 0 radical (unpaired) electrons. The Morgan fingerprint density at radius 2 is 2.22 bits per heavy atom. The van der Waals surface area contributed by atoms with Crippen molar-refractivity contribution in [1.82, 2.24) is 9.99 Å². The molecule has 0 aliphatic rings. The van der Waals surface area contributed by atoms with Gasteiger partial charge in [0.05, 0.1) is 11.9 Å². The number of carbonyl (C=O) groups is 1. The molecule has 23 heavy (non-hydrogen) atoms. The van der Waals surface area contributed by atoms with Gasteiger partial charge in [-0.2, -0.15) is 0 Å². The molecule has 0 spiro atoms. The number of carbonyl (C=O) groups excluding carboxylic acids is 1. The normalized spacial score (nSPS) is 12.1. The lowest BCUT2D eigenvalue weighted by Gasteiger charge is -2.23. The Bertz CT molecular complexity index is 513. The Morgan fingerprint density at radius 3 is 2.83 bits per heavy atom. The molecule has 0 saturated heterocycles. The van der Waals surface area contributed by atoms with Crippen LogP contribution in [0.3, 0.4) is 0 Å². The van der Waals surface area contributed by atoms with E-state index in [-0.39, 0.29) is 5.91 Å². The van der Waals surface area contributed by atoms with Crippen molar-refractivity contribution >= 4 is 11.6 Å². The van der Waals surface area contributed by atoms with Gasteiger partial charge in [0.1, 0.15) is 0 Å². The van der Waals surface area contributed by atoms with Crippen molar-refractivity contribution in [2.75, 3.05) is 11.9 Å². The lowest BCUT2D eigenvalue weighted by atomic mass is 9.86. The molecule has 0 atom stereocenters. The van der Waals surface area contributed by atoms with Crippen LogP contribution in [0, 0.1) is 5.41 Å². The zero-order valence-corrected chi connectivity index (χ0v) is 14.4. The van der Waals surface area contributed by atoms with E-state index in [2.05, 4.69) is 17.2 Å². The Hall–Kier alpha value is -2.08. The molecule has 6 nitrogen and oxygen atoms in total. The molecule has 0 saturated carbocycles. The van der Waals surface area contributed by atoms with Crippen molar-refractivity contribution in [2.45, 2.75) is 46.5 Å². The van der Waals surface area contributed by atoms with Gasteiger partial charge >= 0.3 is 0 Å². The van der Waals surface area contributed by atoms with Crippen LogP contribution in [0.4, 0.5) is 5.69 Å². The summed E-state index contributed by atoms with van der Waals surface area (Å²) in [5.41, 5.74) is 6.95. The number of amides is 1. The van der Waals surface area contributed by atoms with Crippen LogP contribution in [0.25, 0.3) is 0 Å². The molecule has 5 N–H and O–H groups in total. The summed E-state index contributed by atoms with van der Waals surface area (Å²) in [6, 6.07) is 3.62. The zero-order chi connectivity index (χ0) is 17.3. The molecule has 128 valence electrons. The second kappa shape index (κ2) is 9.15. The van der Waals surface area contributed by atoms with Gasteiger partial charge in [-0.1, -0.05) is 20.8 Å². The first-order valence-corrected chi connectivity index (χ1v) is 8.04. The largest absolute Gasteiger partial charge is 0.401 e. The van der Waals surface area contributed by atoms with Crippen molar-refractivity contribution in [3.05, 3.63) is 36.4 Å². The summed E-state index contributed by atoms with van der Waals surface area (Å²) >= 11 is 0. The molecule has 1 amide bonds. The van der Waals surface area contributed by atoms with Crippen LogP contribution in [-0.2, 0) is 4.79 Å². The van der Waals surface area contributed by atoms with Crippen molar-refractivity contribution in [3.8, 4) is 0 Å². The van der Waals surface area contributed by atoms with Crippen LogP contribution in [-0.4, -0.2) is 22.4 Å². The number of nitrogens with zero attached hydrogens (tertiary/aromatic N) is 2. The summed E-state index contributed by atoms with van der Waals surface area (Å²) < 4.78 is 0. The quantitative estimate of drug-likeness (QED) is 0.480. The second-order valence-corrected chi connectivity index (χ2v) is 6.38. The number of nitrogens with one attached hydrogen (secondary N) is 1. The highest BCUT2D eigenvalue weighted by Gasteiger charge is 2.27. The van der Waals surface area contributed by atoms with E-state index in [0.717, 1.165) is 37.9 Å². The van der Waals surface area contributed by atoms with E-state index >= 15 is 0 Å². The highest BCUT2D eigenvalue weighted by molar-refractivity contribution is 5.94. The molecule has 0 aliphatic heterocycles. The number of hydrazine groups is 1. The number of hydrogen-bond acceptors (Lipinski definition) is 5. The second-order valence-electron chi connectivity index (χ2n) is 6.38. The molecular formula is C17H29N5O. The third-order valence-electron chi connectivity index (χ3n) is 3.61. The summed E-state index contributed by atoms with van der Waals surface area (Å²) in [7, 11) is 0. The minimum atomic E-state index is -0.470. The highest BCUT2D eigenvalue weighted by atomic mass is 16.2. The monoisotopic (exact) mass is 319 g/mol. The number of pyridine rings is 1. The SMILES string of the molecule is CCCN(N)/C=C(\N)CCCC(C)(C)C(=O)Nc1cccnc1. The molecule has 1 aromatic heterocycles. The van der Waals surface area contributed by atoms with Crippen molar-refractivity contribution in [2.24, 2.45) is 17.0 Å². The van der Waals surface area contributed by atoms with Gasteiger partial charge in [0.2, 0.25) is 5.91 Å². The van der Waals surface area contributed by atoms with Gasteiger partial charge in [0.25, 0.3) is 0 Å². The first-order chi connectivity index (χ1) is 10.8. The summed E-state index contributed by atoms with van der Waals surface area (Å²) in [6.07, 6.45) is 8.35. The summed E-state index contributed by atoms with van der Waals surface area (Å²) in [4.78, 5) is 16.4. The van der Waals surface area contributed by atoms with E-state index in [1.807, 2.05) is 19.9 Å². The van der Waals surface area contributed by atoms with Gasteiger partial charge in [-0.3, -0.25) is 9.78 Å². The maximum atomic E-state index is 12.4. The number of allylic oxidation sites excluding steroid dienone is 1. The molecule has 1 aromatic rings. The summed E-state index contributed by atoms with van der Waals surface area (Å²) in [6.45, 7) is 6.71. The lowest BCUT2D eigenvalue weighted by Crippen LogP contribution is -2.31. The average Bonchev–Trinajstić information content (AvgIpc) is 2.48. The van der Waals surface area contributed by atoms with Crippen LogP contribution in [0.5, 0.6) is 0 Å². The van der Waals surface area contributed by atoms with E-state index in [0.29, 0.717) is 5.69 Å². The fraction of sp³-hybridized carbons (Fsp3) is 0.529. The Kier molecular flexibility index (Phi) is 7.54. The van der Waals surface area contributed by atoms with Crippen LogP contribution < -0.4 is 16.9 Å². The first kappa shape index (κ1) is 19.0. The standard InChI is InChI=1S/C17H29N5O/c1-4-11-22(19)13-14(18)7-5-9-17(2,3)16(23)21-15-8-6-10-20-12-15/h6,8,10,12-13H,4-5,7,9,11,18-19H2,1-3H3,(H,21,23)/b14-13-. The van der Waals surface area contributed by atoms with E-state index in [1.54, 1.807) is 29.7 Å². The summed E-state index contributed by atoms with van der Waals surface area (Å²) in [5.74, 6) is 5.77. The van der Waals surface area contributed by atoms with Gasteiger partial charge in [-0.25, -0.2) is 5.84 Å². The lowest BCUT2D eigenvalue weighted by molar-refractivity contribution is -0.124. The van der Waals surface area contributed by atoms with Crippen LogP contribution in [0.2, 0.25) is 0 Å². The van der Waals surface area contributed by atoms with E-state index in [1.165, 1.54) is 0 Å². The number of aromatic nitrogens is 1. The number of rotatable bonds is 9. The van der Waals surface area contributed by atoms with Gasteiger partial charge < -0.3 is 16.1 Å². The molecule has 0 fully saturated rings. The number of hydrogen-bond donors (Lipinski definition) is 3. The fourth-order valence-corrected chi connectivity index (χ4v) is 2.19. The predicted molar refractivity (Wildman–Crippen MR) is 94.0 cm³/mol. The number of anilines is 1. The van der Waals surface area contributed by atoms with E-state index in [4.69, 9.17) is 11.6 Å². The van der Waals surface area contributed by atoms with Crippen molar-refractivity contribution in [3.63, 3.8) is 0 Å². The number of nitrogens with two attached hydrogens (primary N) is 2. The predicted octanol–water partition coefficient (Wildman–Crippen LogP) is 2.60. The molecular weight excluding hydrogens is 290 g/mol. The minimum Gasteiger partial charge on any atom is -0.401 e. The van der Waals surface area contributed by atoms with Gasteiger partial charge in [0.15, 0.2) is 0 Å². The van der Waals surface area contributed by atoms with E-state index in [9.17, 15) is 4.79 Å². The average molecular weight is 319 g/mol. The summed E-state index contributed by atoms with van der Waals surface area (Å²) in [5, 5.41) is 4.50. The smallest absolute Gasteiger partial charge is 0.230 e. The van der Waals surface area contributed by atoms with Crippen LogP contribution in [0.1, 0.15) is 46.5 Å². The fourth-order valence-electron chi connectivity index (χ4n) is 2.19. The van der Waals surface area contributed by atoms with Crippen molar-refractivity contribution in [1.29, 1.82) is 0 Å². The Morgan fingerprint density at radius 1 is 1.48 bits per heavy atom. The Balaban J connectivity index is 2.44. The molecule has 0 unspecified atom stereocenters. The third kappa shape index (κ3) is 7.15. The van der Waals surface area contributed by atoms with E-state index < -0.39 is 5.41 Å². The Labute approximate surface area is 138 Å². The van der Waals surface area contributed by atoms with Gasteiger partial charge in [-0.05, 0) is 37.8 Å². The first-order valence-electron chi connectivity index (χ1n) is 8.04.